The lowest BCUT2D eigenvalue weighted by Crippen LogP contribution is -2.12. The van der Waals surface area contributed by atoms with Crippen molar-refractivity contribution in [3.05, 3.63) is 65.6 Å². The first-order valence-electron chi connectivity index (χ1n) is 6.00. The molecule has 0 radical (unpaired) electrons. The predicted octanol–water partition coefficient (Wildman–Crippen LogP) is 3.54. The third-order valence-corrected chi connectivity index (χ3v) is 3.20. The number of fused-ring (bicyclic) bond motifs is 1. The number of carbonyl (C=O) groups excluding carboxylic acids is 1. The van der Waals surface area contributed by atoms with E-state index in [1.54, 1.807) is 36.7 Å². The molecule has 0 fully saturated rings. The standard InChI is InChI=1S/C15H10ClN3O/c16-12-5-1-4-11-13(6-8-18-14(11)12)19-15(20)10-3-2-7-17-9-10/h1-9H,(H,18,19,20). The molecule has 0 aliphatic carbocycles. The van der Waals surface area contributed by atoms with E-state index in [0.717, 1.165) is 5.39 Å². The van der Waals surface area contributed by atoms with Crippen molar-refractivity contribution in [1.29, 1.82) is 0 Å². The van der Waals surface area contributed by atoms with Crippen LogP contribution in [0.25, 0.3) is 10.9 Å². The smallest absolute Gasteiger partial charge is 0.257 e. The largest absolute Gasteiger partial charge is 0.321 e. The molecule has 0 saturated carbocycles. The number of nitrogens with one attached hydrogen (secondary N) is 1. The highest BCUT2D eigenvalue weighted by atomic mass is 35.5. The van der Waals surface area contributed by atoms with Gasteiger partial charge in [-0.15, -0.1) is 0 Å². The molecule has 0 unspecified atom stereocenters. The Balaban J connectivity index is 2.00. The fourth-order valence-electron chi connectivity index (χ4n) is 1.94. The third-order valence-electron chi connectivity index (χ3n) is 2.89. The van der Waals surface area contributed by atoms with Gasteiger partial charge in [0.25, 0.3) is 5.91 Å². The number of nitrogens with zero attached hydrogens (tertiary/aromatic N) is 2. The molecule has 3 rings (SSSR count). The van der Waals surface area contributed by atoms with Gasteiger partial charge in [0.2, 0.25) is 0 Å². The van der Waals surface area contributed by atoms with Crippen molar-refractivity contribution in [1.82, 2.24) is 9.97 Å². The third kappa shape index (κ3) is 2.33. The van der Waals surface area contributed by atoms with E-state index in [4.69, 9.17) is 11.6 Å². The van der Waals surface area contributed by atoms with Crippen LogP contribution in [-0.2, 0) is 0 Å². The van der Waals surface area contributed by atoms with Crippen LogP contribution >= 0.6 is 11.6 Å². The van der Waals surface area contributed by atoms with Gasteiger partial charge in [0, 0.05) is 24.0 Å². The van der Waals surface area contributed by atoms with E-state index in [0.29, 0.717) is 21.8 Å². The number of amides is 1. The van der Waals surface area contributed by atoms with Crippen LogP contribution in [0.1, 0.15) is 10.4 Å². The number of hydrogen-bond donors (Lipinski definition) is 1. The molecule has 98 valence electrons. The molecule has 0 saturated heterocycles. The van der Waals surface area contributed by atoms with Crippen molar-refractivity contribution >= 4 is 34.1 Å². The second-order valence-electron chi connectivity index (χ2n) is 4.19. The van der Waals surface area contributed by atoms with Crippen molar-refractivity contribution in [2.45, 2.75) is 0 Å². The second kappa shape index (κ2) is 5.27. The minimum atomic E-state index is -0.217. The fraction of sp³-hybridized carbons (Fsp3) is 0. The summed E-state index contributed by atoms with van der Waals surface area (Å²) in [4.78, 5) is 20.3. The molecule has 2 heterocycles. The Labute approximate surface area is 120 Å². The molecule has 0 aliphatic rings. The maximum Gasteiger partial charge on any atom is 0.257 e. The number of pyridine rings is 2. The van der Waals surface area contributed by atoms with Crippen LogP contribution in [0.3, 0.4) is 0 Å². The first kappa shape index (κ1) is 12.6. The number of para-hydroxylation sites is 1. The van der Waals surface area contributed by atoms with Crippen molar-refractivity contribution in [2.24, 2.45) is 0 Å². The van der Waals surface area contributed by atoms with Crippen LogP contribution < -0.4 is 5.32 Å². The number of rotatable bonds is 2. The van der Waals surface area contributed by atoms with Crippen molar-refractivity contribution in [2.75, 3.05) is 5.32 Å². The molecular weight excluding hydrogens is 274 g/mol. The highest BCUT2D eigenvalue weighted by molar-refractivity contribution is 6.35. The summed E-state index contributed by atoms with van der Waals surface area (Å²) in [6.45, 7) is 0. The lowest BCUT2D eigenvalue weighted by molar-refractivity contribution is 0.102. The van der Waals surface area contributed by atoms with Crippen LogP contribution in [0, 0.1) is 0 Å². The maximum atomic E-state index is 12.1. The van der Waals surface area contributed by atoms with Crippen molar-refractivity contribution in [3.63, 3.8) is 0 Å². The van der Waals surface area contributed by atoms with Crippen LogP contribution in [0.2, 0.25) is 5.02 Å². The number of aromatic nitrogens is 2. The summed E-state index contributed by atoms with van der Waals surface area (Å²) in [6.07, 6.45) is 4.76. The van der Waals surface area contributed by atoms with E-state index in [2.05, 4.69) is 15.3 Å². The highest BCUT2D eigenvalue weighted by Gasteiger charge is 2.09. The predicted molar refractivity (Wildman–Crippen MR) is 78.9 cm³/mol. The molecule has 0 aliphatic heterocycles. The average molecular weight is 284 g/mol. The van der Waals surface area contributed by atoms with E-state index in [1.807, 2.05) is 12.1 Å². The quantitative estimate of drug-likeness (QED) is 0.783. The lowest BCUT2D eigenvalue weighted by atomic mass is 10.1. The average Bonchev–Trinajstić information content (AvgIpc) is 2.49. The van der Waals surface area contributed by atoms with E-state index in [1.165, 1.54) is 6.20 Å². The Bertz CT molecular complexity index is 774. The molecule has 2 aromatic heterocycles. The molecule has 1 amide bonds. The van der Waals surface area contributed by atoms with Gasteiger partial charge in [-0.25, -0.2) is 0 Å². The van der Waals surface area contributed by atoms with Gasteiger partial charge in [0.1, 0.15) is 0 Å². The zero-order chi connectivity index (χ0) is 13.9. The van der Waals surface area contributed by atoms with E-state index in [9.17, 15) is 4.79 Å². The summed E-state index contributed by atoms with van der Waals surface area (Å²) in [7, 11) is 0. The van der Waals surface area contributed by atoms with Gasteiger partial charge in [-0.3, -0.25) is 14.8 Å². The Morgan fingerprint density at radius 3 is 2.80 bits per heavy atom. The monoisotopic (exact) mass is 283 g/mol. The summed E-state index contributed by atoms with van der Waals surface area (Å²) >= 11 is 6.10. The summed E-state index contributed by atoms with van der Waals surface area (Å²) < 4.78 is 0. The number of hydrogen-bond acceptors (Lipinski definition) is 3. The van der Waals surface area contributed by atoms with Crippen LogP contribution in [0.5, 0.6) is 0 Å². The van der Waals surface area contributed by atoms with Crippen molar-refractivity contribution in [3.8, 4) is 0 Å². The van der Waals surface area contributed by atoms with Crippen LogP contribution in [-0.4, -0.2) is 15.9 Å². The van der Waals surface area contributed by atoms with Gasteiger partial charge in [0.15, 0.2) is 0 Å². The van der Waals surface area contributed by atoms with E-state index >= 15 is 0 Å². The molecule has 20 heavy (non-hydrogen) atoms. The SMILES string of the molecule is O=C(Nc1ccnc2c(Cl)cccc12)c1cccnc1. The molecule has 1 N–H and O–H groups in total. The zero-order valence-electron chi connectivity index (χ0n) is 10.4. The first-order valence-corrected chi connectivity index (χ1v) is 6.38. The second-order valence-corrected chi connectivity index (χ2v) is 4.60. The van der Waals surface area contributed by atoms with Gasteiger partial charge >= 0.3 is 0 Å². The summed E-state index contributed by atoms with van der Waals surface area (Å²) in [6, 6.07) is 10.6. The fourth-order valence-corrected chi connectivity index (χ4v) is 2.16. The first-order chi connectivity index (χ1) is 9.75. The molecule has 0 spiro atoms. The lowest BCUT2D eigenvalue weighted by Gasteiger charge is -2.08. The summed E-state index contributed by atoms with van der Waals surface area (Å²) in [5.74, 6) is -0.217. The normalized spacial score (nSPS) is 10.4. The topological polar surface area (TPSA) is 54.9 Å². The zero-order valence-corrected chi connectivity index (χ0v) is 11.1. The molecule has 0 atom stereocenters. The number of halogens is 1. The van der Waals surface area contributed by atoms with Crippen LogP contribution in [0.4, 0.5) is 5.69 Å². The summed E-state index contributed by atoms with van der Waals surface area (Å²) in [5.41, 5.74) is 1.84. The minimum Gasteiger partial charge on any atom is -0.321 e. The van der Waals surface area contributed by atoms with Gasteiger partial charge in [-0.2, -0.15) is 0 Å². The number of anilines is 1. The number of benzene rings is 1. The van der Waals surface area contributed by atoms with Crippen molar-refractivity contribution < 1.29 is 4.79 Å². The molecule has 0 bridgehead atoms. The van der Waals surface area contributed by atoms with E-state index < -0.39 is 0 Å². The molecular formula is C15H10ClN3O. The Morgan fingerprint density at radius 2 is 2.00 bits per heavy atom. The van der Waals surface area contributed by atoms with Gasteiger partial charge < -0.3 is 5.32 Å². The summed E-state index contributed by atoms with van der Waals surface area (Å²) in [5, 5.41) is 4.21. The molecule has 4 nitrogen and oxygen atoms in total. The Kier molecular flexibility index (Phi) is 3.31. The van der Waals surface area contributed by atoms with Crippen LogP contribution in [0.15, 0.2) is 55.0 Å². The molecule has 5 heteroatoms. The molecule has 3 aromatic rings. The van der Waals surface area contributed by atoms with Gasteiger partial charge in [-0.1, -0.05) is 23.7 Å². The highest BCUT2D eigenvalue weighted by Crippen LogP contribution is 2.27. The minimum absolute atomic E-state index is 0.217. The Morgan fingerprint density at radius 1 is 1.10 bits per heavy atom. The number of carbonyl (C=O) groups is 1. The molecule has 1 aromatic carbocycles. The Hall–Kier alpha value is -2.46. The van der Waals surface area contributed by atoms with Gasteiger partial charge in [-0.05, 0) is 24.3 Å². The maximum absolute atomic E-state index is 12.1. The van der Waals surface area contributed by atoms with Gasteiger partial charge in [0.05, 0.1) is 21.8 Å². The van der Waals surface area contributed by atoms with E-state index in [-0.39, 0.29) is 5.91 Å².